The summed E-state index contributed by atoms with van der Waals surface area (Å²) in [6.07, 6.45) is 4.00. The van der Waals surface area contributed by atoms with Crippen LogP contribution in [0.1, 0.15) is 17.3 Å². The minimum atomic E-state index is -0.964. The Morgan fingerprint density at radius 1 is 1.29 bits per heavy atom. The SMILES string of the molecule is CC=CCSc1cc(C(=O)O)cc(N)c1-c1ccccc1. The van der Waals surface area contributed by atoms with Crippen LogP contribution < -0.4 is 5.73 Å². The molecule has 0 saturated heterocycles. The van der Waals surface area contributed by atoms with E-state index in [0.717, 1.165) is 21.8 Å². The summed E-state index contributed by atoms with van der Waals surface area (Å²) in [5.41, 5.74) is 8.70. The van der Waals surface area contributed by atoms with E-state index in [1.165, 1.54) is 6.07 Å². The number of allylic oxidation sites excluding steroid dienone is 1. The maximum Gasteiger partial charge on any atom is 0.335 e. The second-order valence-electron chi connectivity index (χ2n) is 4.49. The van der Waals surface area contributed by atoms with Crippen LogP contribution in [0.5, 0.6) is 0 Å². The average molecular weight is 299 g/mol. The number of nitrogen functional groups attached to an aromatic ring is 1. The quantitative estimate of drug-likeness (QED) is 0.491. The van der Waals surface area contributed by atoms with Crippen molar-refractivity contribution >= 4 is 23.4 Å². The van der Waals surface area contributed by atoms with Gasteiger partial charge in [-0.15, -0.1) is 11.8 Å². The number of rotatable bonds is 5. The molecule has 21 heavy (non-hydrogen) atoms. The molecule has 0 spiro atoms. The molecule has 108 valence electrons. The van der Waals surface area contributed by atoms with E-state index in [9.17, 15) is 9.90 Å². The highest BCUT2D eigenvalue weighted by Crippen LogP contribution is 2.37. The van der Waals surface area contributed by atoms with Crippen molar-refractivity contribution in [2.45, 2.75) is 11.8 Å². The van der Waals surface area contributed by atoms with Crippen molar-refractivity contribution in [3.8, 4) is 11.1 Å². The lowest BCUT2D eigenvalue weighted by Crippen LogP contribution is -2.01. The number of aromatic carboxylic acids is 1. The predicted octanol–water partition coefficient (Wildman–Crippen LogP) is 4.30. The molecule has 0 unspecified atom stereocenters. The molecule has 0 aliphatic carbocycles. The van der Waals surface area contributed by atoms with E-state index in [1.54, 1.807) is 17.8 Å². The fourth-order valence-electron chi connectivity index (χ4n) is 2.02. The summed E-state index contributed by atoms with van der Waals surface area (Å²) in [6.45, 7) is 1.96. The molecule has 0 aliphatic rings. The fourth-order valence-corrected chi connectivity index (χ4v) is 3.08. The monoisotopic (exact) mass is 299 g/mol. The highest BCUT2D eigenvalue weighted by atomic mass is 32.2. The van der Waals surface area contributed by atoms with E-state index in [1.807, 2.05) is 49.4 Å². The summed E-state index contributed by atoms with van der Waals surface area (Å²) in [7, 11) is 0. The Bertz CT molecular complexity index is 666. The molecule has 3 N–H and O–H groups in total. The van der Waals surface area contributed by atoms with Crippen molar-refractivity contribution in [3.63, 3.8) is 0 Å². The van der Waals surface area contributed by atoms with E-state index >= 15 is 0 Å². The van der Waals surface area contributed by atoms with Gasteiger partial charge in [0.25, 0.3) is 0 Å². The van der Waals surface area contributed by atoms with Gasteiger partial charge in [0.2, 0.25) is 0 Å². The minimum absolute atomic E-state index is 0.218. The standard InChI is InChI=1S/C17H17NO2S/c1-2-3-9-21-15-11-13(17(19)20)10-14(18)16(15)12-7-5-4-6-8-12/h2-8,10-11H,9,18H2,1H3,(H,19,20). The summed E-state index contributed by atoms with van der Waals surface area (Å²) >= 11 is 1.58. The van der Waals surface area contributed by atoms with E-state index < -0.39 is 5.97 Å². The molecule has 3 nitrogen and oxygen atoms in total. The molecule has 0 aliphatic heterocycles. The normalized spacial score (nSPS) is 10.9. The van der Waals surface area contributed by atoms with Gasteiger partial charge in [-0.2, -0.15) is 0 Å². The number of carboxylic acids is 1. The predicted molar refractivity (Wildman–Crippen MR) is 88.8 cm³/mol. The highest BCUT2D eigenvalue weighted by molar-refractivity contribution is 7.99. The molecule has 0 fully saturated rings. The first-order valence-electron chi connectivity index (χ1n) is 6.59. The third-order valence-corrected chi connectivity index (χ3v) is 4.00. The van der Waals surface area contributed by atoms with Crippen LogP contribution in [0.15, 0.2) is 59.5 Å². The van der Waals surface area contributed by atoms with Crippen molar-refractivity contribution in [1.29, 1.82) is 0 Å². The van der Waals surface area contributed by atoms with Crippen LogP contribution in [0.4, 0.5) is 5.69 Å². The molecule has 0 atom stereocenters. The van der Waals surface area contributed by atoms with Crippen LogP contribution in [0.3, 0.4) is 0 Å². The van der Waals surface area contributed by atoms with E-state index in [0.29, 0.717) is 5.69 Å². The number of nitrogens with two attached hydrogens (primary N) is 1. The molecular formula is C17H17NO2S. The summed E-state index contributed by atoms with van der Waals surface area (Å²) in [6, 6.07) is 13.0. The number of hydrogen-bond acceptors (Lipinski definition) is 3. The van der Waals surface area contributed by atoms with E-state index in [2.05, 4.69) is 0 Å². The van der Waals surface area contributed by atoms with Crippen molar-refractivity contribution in [2.24, 2.45) is 0 Å². The summed E-state index contributed by atoms with van der Waals surface area (Å²) in [5, 5.41) is 9.19. The zero-order valence-electron chi connectivity index (χ0n) is 11.7. The van der Waals surface area contributed by atoms with E-state index in [-0.39, 0.29) is 5.56 Å². The topological polar surface area (TPSA) is 63.3 Å². The Hall–Kier alpha value is -2.20. The molecule has 0 aromatic heterocycles. The number of carbonyl (C=O) groups is 1. The van der Waals surface area contributed by atoms with Gasteiger partial charge in [-0.05, 0) is 24.6 Å². The van der Waals surface area contributed by atoms with Crippen LogP contribution in [0.25, 0.3) is 11.1 Å². The molecule has 0 amide bonds. The average Bonchev–Trinajstić information content (AvgIpc) is 2.48. The smallest absolute Gasteiger partial charge is 0.335 e. The van der Waals surface area contributed by atoms with Gasteiger partial charge in [-0.1, -0.05) is 42.5 Å². The van der Waals surface area contributed by atoms with Gasteiger partial charge in [-0.3, -0.25) is 0 Å². The van der Waals surface area contributed by atoms with Crippen LogP contribution in [0.2, 0.25) is 0 Å². The Morgan fingerprint density at radius 2 is 2.00 bits per heavy atom. The lowest BCUT2D eigenvalue weighted by atomic mass is 10.0. The fraction of sp³-hybridized carbons (Fsp3) is 0.118. The summed E-state index contributed by atoms with van der Waals surface area (Å²) in [4.78, 5) is 12.1. The molecule has 0 heterocycles. The number of benzene rings is 2. The van der Waals surface area contributed by atoms with E-state index in [4.69, 9.17) is 5.73 Å². The molecule has 2 aromatic rings. The van der Waals surface area contributed by atoms with Gasteiger partial charge in [0.1, 0.15) is 0 Å². The second kappa shape index (κ2) is 6.99. The number of anilines is 1. The highest BCUT2D eigenvalue weighted by Gasteiger charge is 2.14. The van der Waals surface area contributed by atoms with Crippen LogP contribution in [0, 0.1) is 0 Å². The van der Waals surface area contributed by atoms with Crippen LogP contribution >= 0.6 is 11.8 Å². The van der Waals surface area contributed by atoms with Crippen molar-refractivity contribution in [3.05, 3.63) is 60.2 Å². The summed E-state index contributed by atoms with van der Waals surface area (Å²) in [5.74, 6) is -0.187. The molecule has 0 bridgehead atoms. The zero-order chi connectivity index (χ0) is 15.2. The van der Waals surface area contributed by atoms with Gasteiger partial charge >= 0.3 is 5.97 Å². The first kappa shape index (κ1) is 15.2. The number of carboxylic acid groups (broad SMARTS) is 1. The van der Waals surface area contributed by atoms with Crippen LogP contribution in [-0.4, -0.2) is 16.8 Å². The van der Waals surface area contributed by atoms with Gasteiger partial charge in [0.05, 0.1) is 5.56 Å². The summed E-state index contributed by atoms with van der Waals surface area (Å²) < 4.78 is 0. The largest absolute Gasteiger partial charge is 0.478 e. The molecule has 0 radical (unpaired) electrons. The minimum Gasteiger partial charge on any atom is -0.478 e. The Kier molecular flexibility index (Phi) is 5.06. The third-order valence-electron chi connectivity index (χ3n) is 3.01. The van der Waals surface area contributed by atoms with Gasteiger partial charge in [0.15, 0.2) is 0 Å². The molecule has 2 aromatic carbocycles. The lowest BCUT2D eigenvalue weighted by molar-refractivity contribution is 0.0696. The molecular weight excluding hydrogens is 282 g/mol. The van der Waals surface area contributed by atoms with Gasteiger partial charge < -0.3 is 10.8 Å². The number of hydrogen-bond donors (Lipinski definition) is 2. The Morgan fingerprint density at radius 3 is 2.62 bits per heavy atom. The molecule has 2 rings (SSSR count). The van der Waals surface area contributed by atoms with Crippen molar-refractivity contribution in [2.75, 3.05) is 11.5 Å². The first-order chi connectivity index (χ1) is 10.1. The van der Waals surface area contributed by atoms with Crippen LogP contribution in [-0.2, 0) is 0 Å². The maximum absolute atomic E-state index is 11.2. The first-order valence-corrected chi connectivity index (χ1v) is 7.58. The molecule has 4 heteroatoms. The zero-order valence-corrected chi connectivity index (χ0v) is 12.6. The maximum atomic E-state index is 11.2. The van der Waals surface area contributed by atoms with Crippen molar-refractivity contribution < 1.29 is 9.90 Å². The lowest BCUT2D eigenvalue weighted by Gasteiger charge is -2.13. The van der Waals surface area contributed by atoms with Gasteiger partial charge in [0, 0.05) is 21.9 Å². The molecule has 0 saturated carbocycles. The number of thioether (sulfide) groups is 1. The second-order valence-corrected chi connectivity index (χ2v) is 5.55. The van der Waals surface area contributed by atoms with Crippen molar-refractivity contribution in [1.82, 2.24) is 0 Å². The third kappa shape index (κ3) is 3.67. The Labute approximate surface area is 128 Å². The Balaban J connectivity index is 2.53. The van der Waals surface area contributed by atoms with Gasteiger partial charge in [-0.25, -0.2) is 4.79 Å².